The van der Waals surface area contributed by atoms with Crippen molar-refractivity contribution in [3.05, 3.63) is 45.7 Å². The lowest BCUT2D eigenvalue weighted by Gasteiger charge is -2.09. The third-order valence-electron chi connectivity index (χ3n) is 4.13. The van der Waals surface area contributed by atoms with Gasteiger partial charge in [0.2, 0.25) is 5.91 Å². The molecule has 0 spiro atoms. The van der Waals surface area contributed by atoms with E-state index in [1.54, 1.807) is 6.07 Å². The van der Waals surface area contributed by atoms with Crippen LogP contribution in [0.3, 0.4) is 0 Å². The zero-order valence-corrected chi connectivity index (χ0v) is 15.9. The molecule has 0 unspecified atom stereocenters. The van der Waals surface area contributed by atoms with Crippen molar-refractivity contribution in [2.75, 3.05) is 5.32 Å². The van der Waals surface area contributed by atoms with E-state index in [-0.39, 0.29) is 5.91 Å². The average Bonchev–Trinajstić information content (AvgIpc) is 2.74. The second kappa shape index (κ2) is 7.84. The minimum atomic E-state index is 0.0100. The first-order valence-corrected chi connectivity index (χ1v) is 8.74. The predicted octanol–water partition coefficient (Wildman–Crippen LogP) is 4.69. The highest BCUT2D eigenvalue weighted by atomic mass is 35.5. The molecule has 1 amide bonds. The molecular weight excluding hydrogens is 322 g/mol. The van der Waals surface area contributed by atoms with Crippen LogP contribution < -0.4 is 5.32 Å². The normalized spacial score (nSPS) is 11.1. The van der Waals surface area contributed by atoms with Crippen molar-refractivity contribution in [1.29, 1.82) is 0 Å². The summed E-state index contributed by atoms with van der Waals surface area (Å²) in [6, 6.07) is 5.47. The summed E-state index contributed by atoms with van der Waals surface area (Å²) >= 11 is 5.95. The van der Waals surface area contributed by atoms with Crippen molar-refractivity contribution >= 4 is 23.2 Å². The highest BCUT2D eigenvalue weighted by molar-refractivity contribution is 6.30. The number of benzene rings is 1. The molecule has 1 aromatic heterocycles. The van der Waals surface area contributed by atoms with Gasteiger partial charge in [0.15, 0.2) is 0 Å². The summed E-state index contributed by atoms with van der Waals surface area (Å²) in [6.07, 6.45) is 1.14. The van der Waals surface area contributed by atoms with Gasteiger partial charge >= 0.3 is 0 Å². The molecule has 0 saturated heterocycles. The lowest BCUT2D eigenvalue weighted by atomic mass is 10.1. The number of halogens is 1. The van der Waals surface area contributed by atoms with E-state index in [9.17, 15) is 4.79 Å². The Labute approximate surface area is 149 Å². The Hall–Kier alpha value is -1.81. The lowest BCUT2D eigenvalue weighted by Crippen LogP contribution is -2.13. The third kappa shape index (κ3) is 4.60. The van der Waals surface area contributed by atoms with Crippen LogP contribution in [0.25, 0.3) is 0 Å². The molecule has 0 aliphatic carbocycles. The molecule has 0 atom stereocenters. The van der Waals surface area contributed by atoms with Gasteiger partial charge in [0.25, 0.3) is 0 Å². The maximum atomic E-state index is 12.3. The Balaban J connectivity index is 2.00. The molecule has 1 heterocycles. The van der Waals surface area contributed by atoms with Gasteiger partial charge in [0.1, 0.15) is 0 Å². The Morgan fingerprint density at radius 1 is 1.29 bits per heavy atom. The van der Waals surface area contributed by atoms with E-state index >= 15 is 0 Å². The SMILES string of the molecule is Cc1cc(Cl)ccc1NC(=O)CCc1c(C)nn(CC(C)C)c1C. The van der Waals surface area contributed by atoms with Gasteiger partial charge in [-0.15, -0.1) is 0 Å². The molecule has 0 bridgehead atoms. The monoisotopic (exact) mass is 347 g/mol. The number of nitrogens with zero attached hydrogens (tertiary/aromatic N) is 2. The van der Waals surface area contributed by atoms with Crippen molar-refractivity contribution < 1.29 is 4.79 Å². The van der Waals surface area contributed by atoms with Gasteiger partial charge in [-0.1, -0.05) is 25.4 Å². The van der Waals surface area contributed by atoms with Crippen LogP contribution in [0.2, 0.25) is 5.02 Å². The number of hydrogen-bond donors (Lipinski definition) is 1. The summed E-state index contributed by atoms with van der Waals surface area (Å²) in [7, 11) is 0. The number of carbonyl (C=O) groups excluding carboxylic acids is 1. The minimum Gasteiger partial charge on any atom is -0.326 e. The molecule has 0 radical (unpaired) electrons. The number of hydrogen-bond acceptors (Lipinski definition) is 2. The van der Waals surface area contributed by atoms with Crippen molar-refractivity contribution in [1.82, 2.24) is 9.78 Å². The first-order valence-electron chi connectivity index (χ1n) is 8.36. The fourth-order valence-electron chi connectivity index (χ4n) is 2.84. The van der Waals surface area contributed by atoms with Crippen LogP contribution in [-0.4, -0.2) is 15.7 Å². The second-order valence-electron chi connectivity index (χ2n) is 6.73. The second-order valence-corrected chi connectivity index (χ2v) is 7.17. The van der Waals surface area contributed by atoms with Crippen molar-refractivity contribution in [3.63, 3.8) is 0 Å². The van der Waals surface area contributed by atoms with E-state index in [0.717, 1.165) is 29.2 Å². The summed E-state index contributed by atoms with van der Waals surface area (Å²) < 4.78 is 2.05. The van der Waals surface area contributed by atoms with Crippen LogP contribution in [0.5, 0.6) is 0 Å². The first kappa shape index (κ1) is 18.5. The predicted molar refractivity (Wildman–Crippen MR) is 99.7 cm³/mol. The van der Waals surface area contributed by atoms with Crippen LogP contribution in [0.15, 0.2) is 18.2 Å². The van der Waals surface area contributed by atoms with E-state index in [2.05, 4.69) is 35.9 Å². The molecule has 0 aliphatic rings. The smallest absolute Gasteiger partial charge is 0.224 e. The molecular formula is C19H26ClN3O. The highest BCUT2D eigenvalue weighted by Crippen LogP contribution is 2.21. The van der Waals surface area contributed by atoms with Gasteiger partial charge in [-0.25, -0.2) is 0 Å². The molecule has 24 heavy (non-hydrogen) atoms. The average molecular weight is 348 g/mol. The maximum absolute atomic E-state index is 12.3. The number of carbonyl (C=O) groups is 1. The molecule has 2 aromatic rings. The Kier molecular flexibility index (Phi) is 6.05. The summed E-state index contributed by atoms with van der Waals surface area (Å²) in [4.78, 5) is 12.3. The third-order valence-corrected chi connectivity index (χ3v) is 4.37. The van der Waals surface area contributed by atoms with Crippen LogP contribution in [0, 0.1) is 26.7 Å². The largest absolute Gasteiger partial charge is 0.326 e. The standard InChI is InChI=1S/C19H26ClN3O/c1-12(2)11-23-15(5)17(14(4)22-23)7-9-19(24)21-18-8-6-16(20)10-13(18)3/h6,8,10,12H,7,9,11H2,1-5H3,(H,21,24). The number of aryl methyl sites for hydroxylation is 2. The van der Waals surface area contributed by atoms with Gasteiger partial charge in [-0.2, -0.15) is 5.10 Å². The molecule has 0 fully saturated rings. The summed E-state index contributed by atoms with van der Waals surface area (Å²) in [5.74, 6) is 0.558. The summed E-state index contributed by atoms with van der Waals surface area (Å²) in [6.45, 7) is 11.3. The van der Waals surface area contributed by atoms with E-state index in [1.807, 2.05) is 26.0 Å². The van der Waals surface area contributed by atoms with Crippen molar-refractivity contribution in [3.8, 4) is 0 Å². The lowest BCUT2D eigenvalue weighted by molar-refractivity contribution is -0.116. The van der Waals surface area contributed by atoms with E-state index < -0.39 is 0 Å². The van der Waals surface area contributed by atoms with E-state index in [4.69, 9.17) is 11.6 Å². The van der Waals surface area contributed by atoms with Gasteiger partial charge in [-0.3, -0.25) is 9.48 Å². The van der Waals surface area contributed by atoms with E-state index in [0.29, 0.717) is 23.8 Å². The van der Waals surface area contributed by atoms with E-state index in [1.165, 1.54) is 5.56 Å². The highest BCUT2D eigenvalue weighted by Gasteiger charge is 2.14. The molecule has 0 aliphatic heterocycles. The molecule has 1 N–H and O–H groups in total. The van der Waals surface area contributed by atoms with Crippen molar-refractivity contribution in [2.24, 2.45) is 5.92 Å². The molecule has 130 valence electrons. The zero-order chi connectivity index (χ0) is 17.9. The number of nitrogens with one attached hydrogen (secondary N) is 1. The zero-order valence-electron chi connectivity index (χ0n) is 15.1. The fraction of sp³-hybridized carbons (Fsp3) is 0.474. The van der Waals surface area contributed by atoms with Crippen LogP contribution in [-0.2, 0) is 17.8 Å². The Bertz CT molecular complexity index is 734. The van der Waals surface area contributed by atoms with Crippen LogP contribution in [0.1, 0.15) is 42.8 Å². The van der Waals surface area contributed by atoms with Gasteiger partial charge < -0.3 is 5.32 Å². The fourth-order valence-corrected chi connectivity index (χ4v) is 3.06. The number of amides is 1. The molecule has 4 nitrogen and oxygen atoms in total. The summed E-state index contributed by atoms with van der Waals surface area (Å²) in [5, 5.41) is 8.24. The van der Waals surface area contributed by atoms with Crippen molar-refractivity contribution in [2.45, 2.75) is 54.0 Å². The minimum absolute atomic E-state index is 0.0100. The topological polar surface area (TPSA) is 46.9 Å². The number of anilines is 1. The Morgan fingerprint density at radius 3 is 2.62 bits per heavy atom. The number of aromatic nitrogens is 2. The van der Waals surface area contributed by atoms with Gasteiger partial charge in [0, 0.05) is 29.4 Å². The maximum Gasteiger partial charge on any atom is 0.224 e. The van der Waals surface area contributed by atoms with Gasteiger partial charge in [-0.05, 0) is 62.4 Å². The summed E-state index contributed by atoms with van der Waals surface area (Å²) in [5.41, 5.74) is 5.14. The van der Waals surface area contributed by atoms with Crippen LogP contribution in [0.4, 0.5) is 5.69 Å². The Morgan fingerprint density at radius 2 is 2.00 bits per heavy atom. The first-order chi connectivity index (χ1) is 11.3. The van der Waals surface area contributed by atoms with Gasteiger partial charge in [0.05, 0.1) is 5.69 Å². The molecule has 2 rings (SSSR count). The molecule has 0 saturated carbocycles. The number of rotatable bonds is 6. The molecule has 1 aromatic carbocycles. The van der Waals surface area contributed by atoms with Crippen LogP contribution >= 0.6 is 11.6 Å². The quantitative estimate of drug-likeness (QED) is 0.824. The molecule has 5 heteroatoms.